The first-order chi connectivity index (χ1) is 7.67. The number of rotatable bonds is 2. The van der Waals surface area contributed by atoms with E-state index in [1.165, 1.54) is 7.11 Å². The number of hydrogen-bond donors (Lipinski definition) is 0. The number of benzene rings is 1. The van der Waals surface area contributed by atoms with Crippen LogP contribution < -0.4 is 0 Å². The third kappa shape index (κ3) is 1.65. The zero-order valence-corrected chi connectivity index (χ0v) is 9.78. The molecule has 1 aromatic heterocycles. The van der Waals surface area contributed by atoms with Crippen LogP contribution in [0.1, 0.15) is 17.3 Å². The second-order valence-corrected chi connectivity index (χ2v) is 3.69. The largest absolute Gasteiger partial charge is 0.465 e. The highest BCUT2D eigenvalue weighted by Gasteiger charge is 2.11. The van der Waals surface area contributed by atoms with Gasteiger partial charge >= 0.3 is 5.97 Å². The smallest absolute Gasteiger partial charge is 0.337 e. The molecule has 0 aliphatic carbocycles. The lowest BCUT2D eigenvalue weighted by Gasteiger charge is -1.98. The average Bonchev–Trinajstić information content (AvgIpc) is 2.64. The summed E-state index contributed by atoms with van der Waals surface area (Å²) in [6, 6.07) is 5.14. The molecule has 2 rings (SSSR count). The molecule has 0 radical (unpaired) electrons. The summed E-state index contributed by atoms with van der Waals surface area (Å²) < 4.78 is 6.34. The third-order valence-electron chi connectivity index (χ3n) is 2.39. The van der Waals surface area contributed by atoms with Crippen LogP contribution in [0.15, 0.2) is 18.2 Å². The molecule has 1 heterocycles. The number of aromatic nitrogens is 2. The van der Waals surface area contributed by atoms with E-state index in [-0.39, 0.29) is 5.97 Å². The summed E-state index contributed by atoms with van der Waals surface area (Å²) in [7, 11) is 1.35. The Kier molecular flexibility index (Phi) is 2.83. The van der Waals surface area contributed by atoms with Crippen LogP contribution in [-0.4, -0.2) is 22.9 Å². The number of aryl methyl sites for hydroxylation is 1. The lowest BCUT2D eigenvalue weighted by Crippen LogP contribution is -2.00. The Hall–Kier alpha value is -1.55. The number of hydrogen-bond acceptors (Lipinski definition) is 3. The number of nitrogens with zero attached hydrogens (tertiary/aromatic N) is 2. The van der Waals surface area contributed by atoms with Crippen LogP contribution in [0, 0.1) is 0 Å². The molecule has 0 spiro atoms. The highest BCUT2D eigenvalue weighted by atomic mass is 35.5. The van der Waals surface area contributed by atoms with Crippen molar-refractivity contribution in [3.8, 4) is 0 Å². The van der Waals surface area contributed by atoms with Gasteiger partial charge in [-0.1, -0.05) is 11.6 Å². The first kappa shape index (κ1) is 11.0. The van der Waals surface area contributed by atoms with Gasteiger partial charge in [-0.15, -0.1) is 0 Å². The molecule has 0 aliphatic heterocycles. The lowest BCUT2D eigenvalue weighted by molar-refractivity contribution is 0.0601. The van der Waals surface area contributed by atoms with E-state index in [1.807, 2.05) is 6.92 Å². The van der Waals surface area contributed by atoms with Crippen molar-refractivity contribution in [3.05, 3.63) is 28.9 Å². The standard InChI is InChI=1S/C11H11ClN2O2/c1-3-14-10(12)8-6-7(11(15)16-2)4-5-9(8)13-14/h4-6H,3H2,1-2H3. The number of halogens is 1. The van der Waals surface area contributed by atoms with Crippen molar-refractivity contribution >= 4 is 28.5 Å². The van der Waals surface area contributed by atoms with E-state index in [0.717, 1.165) is 10.9 Å². The number of carbonyl (C=O) groups excluding carboxylic acids is 1. The highest BCUT2D eigenvalue weighted by Crippen LogP contribution is 2.24. The van der Waals surface area contributed by atoms with Crippen LogP contribution in [0.3, 0.4) is 0 Å². The predicted molar refractivity (Wildman–Crippen MR) is 61.8 cm³/mol. The number of carbonyl (C=O) groups is 1. The van der Waals surface area contributed by atoms with Gasteiger partial charge in [-0.2, -0.15) is 5.10 Å². The van der Waals surface area contributed by atoms with E-state index in [0.29, 0.717) is 17.3 Å². The molecule has 0 fully saturated rings. The summed E-state index contributed by atoms with van der Waals surface area (Å²) in [5.41, 5.74) is 1.26. The Morgan fingerprint density at radius 1 is 1.56 bits per heavy atom. The van der Waals surface area contributed by atoms with Crippen molar-refractivity contribution in [2.24, 2.45) is 0 Å². The molecule has 0 amide bonds. The van der Waals surface area contributed by atoms with Crippen molar-refractivity contribution in [3.63, 3.8) is 0 Å². The Morgan fingerprint density at radius 2 is 2.31 bits per heavy atom. The minimum Gasteiger partial charge on any atom is -0.465 e. The number of fused-ring (bicyclic) bond motifs is 1. The lowest BCUT2D eigenvalue weighted by atomic mass is 10.1. The fourth-order valence-corrected chi connectivity index (χ4v) is 1.86. The molecule has 1 aromatic carbocycles. The molecular weight excluding hydrogens is 228 g/mol. The van der Waals surface area contributed by atoms with Crippen molar-refractivity contribution in [2.75, 3.05) is 7.11 Å². The van der Waals surface area contributed by atoms with Crippen LogP contribution in [0.2, 0.25) is 5.15 Å². The van der Waals surface area contributed by atoms with Crippen molar-refractivity contribution in [1.82, 2.24) is 9.78 Å². The summed E-state index contributed by atoms with van der Waals surface area (Å²) in [6.07, 6.45) is 0. The molecule has 0 saturated carbocycles. The fraction of sp³-hybridized carbons (Fsp3) is 0.273. The molecule has 0 aliphatic rings. The maximum Gasteiger partial charge on any atom is 0.337 e. The van der Waals surface area contributed by atoms with E-state index in [2.05, 4.69) is 9.84 Å². The molecule has 4 nitrogen and oxygen atoms in total. The van der Waals surface area contributed by atoms with Gasteiger partial charge in [-0.05, 0) is 25.1 Å². The van der Waals surface area contributed by atoms with Crippen molar-refractivity contribution in [2.45, 2.75) is 13.5 Å². The molecule has 84 valence electrons. The van der Waals surface area contributed by atoms with Crippen LogP contribution >= 0.6 is 11.6 Å². The molecule has 0 saturated heterocycles. The molecule has 2 aromatic rings. The quantitative estimate of drug-likeness (QED) is 0.755. The Labute approximate surface area is 97.8 Å². The summed E-state index contributed by atoms with van der Waals surface area (Å²) in [6.45, 7) is 2.65. The second-order valence-electron chi connectivity index (χ2n) is 3.33. The van der Waals surface area contributed by atoms with E-state index in [1.54, 1.807) is 22.9 Å². The summed E-state index contributed by atoms with van der Waals surface area (Å²) >= 11 is 6.13. The average molecular weight is 239 g/mol. The first-order valence-electron chi connectivity index (χ1n) is 4.91. The van der Waals surface area contributed by atoms with Gasteiger partial charge in [0.2, 0.25) is 0 Å². The Balaban J connectivity index is 2.61. The zero-order valence-electron chi connectivity index (χ0n) is 9.03. The molecule has 16 heavy (non-hydrogen) atoms. The Morgan fingerprint density at radius 3 is 2.94 bits per heavy atom. The number of esters is 1. The van der Waals surface area contributed by atoms with Gasteiger partial charge in [0, 0.05) is 11.9 Å². The van der Waals surface area contributed by atoms with Crippen LogP contribution in [-0.2, 0) is 11.3 Å². The third-order valence-corrected chi connectivity index (χ3v) is 2.79. The maximum atomic E-state index is 11.4. The van der Waals surface area contributed by atoms with Crippen molar-refractivity contribution < 1.29 is 9.53 Å². The topological polar surface area (TPSA) is 44.1 Å². The van der Waals surface area contributed by atoms with E-state index in [9.17, 15) is 4.79 Å². The molecular formula is C11H11ClN2O2. The minimum absolute atomic E-state index is 0.373. The predicted octanol–water partition coefficient (Wildman–Crippen LogP) is 2.50. The maximum absolute atomic E-state index is 11.4. The van der Waals surface area contributed by atoms with E-state index < -0.39 is 0 Å². The van der Waals surface area contributed by atoms with Crippen LogP contribution in [0.5, 0.6) is 0 Å². The molecule has 0 atom stereocenters. The van der Waals surface area contributed by atoms with Gasteiger partial charge in [-0.25, -0.2) is 4.79 Å². The summed E-state index contributed by atoms with van der Waals surface area (Å²) in [4.78, 5) is 11.4. The normalized spacial score (nSPS) is 10.7. The Bertz CT molecular complexity index is 548. The summed E-state index contributed by atoms with van der Waals surface area (Å²) in [5.74, 6) is -0.373. The van der Waals surface area contributed by atoms with Gasteiger partial charge < -0.3 is 4.74 Å². The van der Waals surface area contributed by atoms with Crippen molar-refractivity contribution in [1.29, 1.82) is 0 Å². The van der Waals surface area contributed by atoms with Crippen LogP contribution in [0.25, 0.3) is 10.9 Å². The summed E-state index contributed by atoms with van der Waals surface area (Å²) in [5, 5.41) is 5.60. The van der Waals surface area contributed by atoms with Gasteiger partial charge in [0.25, 0.3) is 0 Å². The molecule has 0 N–H and O–H groups in total. The van der Waals surface area contributed by atoms with Gasteiger partial charge in [0.1, 0.15) is 5.15 Å². The van der Waals surface area contributed by atoms with Crippen LogP contribution in [0.4, 0.5) is 0 Å². The SMILES string of the molecule is CCn1nc2ccc(C(=O)OC)cc2c1Cl. The minimum atomic E-state index is -0.373. The highest BCUT2D eigenvalue weighted by molar-refractivity contribution is 6.34. The monoisotopic (exact) mass is 238 g/mol. The molecule has 0 unspecified atom stereocenters. The molecule has 0 bridgehead atoms. The zero-order chi connectivity index (χ0) is 11.7. The van der Waals surface area contributed by atoms with E-state index >= 15 is 0 Å². The van der Waals surface area contributed by atoms with Gasteiger partial charge in [0.05, 0.1) is 18.2 Å². The fourth-order valence-electron chi connectivity index (χ4n) is 1.56. The molecule has 5 heteroatoms. The number of ether oxygens (including phenoxy) is 1. The first-order valence-corrected chi connectivity index (χ1v) is 5.29. The van der Waals surface area contributed by atoms with E-state index in [4.69, 9.17) is 11.6 Å². The second kappa shape index (κ2) is 4.14. The van der Waals surface area contributed by atoms with Gasteiger partial charge in [0.15, 0.2) is 0 Å². The van der Waals surface area contributed by atoms with Gasteiger partial charge in [-0.3, -0.25) is 4.68 Å². The number of methoxy groups -OCH3 is 1.